The number of rotatable bonds is 4. The van der Waals surface area contributed by atoms with E-state index in [0.29, 0.717) is 6.42 Å². The van der Waals surface area contributed by atoms with E-state index in [4.69, 9.17) is 10.4 Å². The van der Waals surface area contributed by atoms with E-state index < -0.39 is 5.54 Å². The van der Waals surface area contributed by atoms with Gasteiger partial charge in [0.25, 0.3) is 0 Å². The second-order valence-electron chi connectivity index (χ2n) is 8.50. The molecular weight excluding hydrogens is 376 g/mol. The number of hydrogen-bond acceptors (Lipinski definition) is 4. The van der Waals surface area contributed by atoms with Crippen molar-refractivity contribution in [1.82, 2.24) is 24.7 Å². The first-order valence-corrected chi connectivity index (χ1v) is 10.1. The summed E-state index contributed by atoms with van der Waals surface area (Å²) in [6, 6.07) is 14.4. The molecule has 0 spiro atoms. The van der Waals surface area contributed by atoms with Crippen LogP contribution in [0.15, 0.2) is 42.5 Å². The van der Waals surface area contributed by atoms with Gasteiger partial charge in [0.1, 0.15) is 5.82 Å². The van der Waals surface area contributed by atoms with Gasteiger partial charge in [-0.2, -0.15) is 0 Å². The maximum absolute atomic E-state index is 12.4. The van der Waals surface area contributed by atoms with Crippen LogP contribution in [0.3, 0.4) is 0 Å². The number of para-hydroxylation sites is 1. The fraction of sp³-hybridized carbons (Fsp3) is 0.348. The molecule has 1 amide bonds. The summed E-state index contributed by atoms with van der Waals surface area (Å²) in [5.41, 5.74) is 4.62. The Morgan fingerprint density at radius 1 is 1.23 bits per heavy atom. The Hall–Kier alpha value is -3.19. The number of aromatic nitrogens is 2. The number of carbonyl (C=O) groups excluding carboxylic acids is 1. The zero-order valence-electron chi connectivity index (χ0n) is 18.2. The van der Waals surface area contributed by atoms with Gasteiger partial charge >= 0.3 is 0 Å². The summed E-state index contributed by atoms with van der Waals surface area (Å²) in [6.45, 7) is 4.81. The van der Waals surface area contributed by atoms with Crippen molar-refractivity contribution in [3.05, 3.63) is 59.4 Å². The lowest BCUT2D eigenvalue weighted by Crippen LogP contribution is -2.58. The number of guanidine groups is 1. The highest BCUT2D eigenvalue weighted by Crippen LogP contribution is 2.32. The van der Waals surface area contributed by atoms with Gasteiger partial charge in [0.05, 0.1) is 23.0 Å². The van der Waals surface area contributed by atoms with Gasteiger partial charge in [0, 0.05) is 19.3 Å². The number of aryl methyl sites for hydroxylation is 1. The van der Waals surface area contributed by atoms with Crippen molar-refractivity contribution in [2.75, 3.05) is 21.1 Å². The Morgan fingerprint density at radius 3 is 2.67 bits per heavy atom. The summed E-state index contributed by atoms with van der Waals surface area (Å²) in [4.78, 5) is 20.7. The topological polar surface area (TPSA) is 77.2 Å². The molecule has 30 heavy (non-hydrogen) atoms. The molecule has 2 heterocycles. The lowest BCUT2D eigenvalue weighted by Gasteiger charge is -2.39. The largest absolute Gasteiger partial charge is 0.346 e. The van der Waals surface area contributed by atoms with E-state index in [2.05, 4.69) is 53.1 Å². The van der Waals surface area contributed by atoms with Crippen molar-refractivity contribution < 1.29 is 4.79 Å². The average Bonchev–Trinajstić information content (AvgIpc) is 3.02. The maximum Gasteiger partial charge on any atom is 0.231 e. The number of nitrogens with zero attached hydrogens (tertiary/aromatic N) is 4. The molecule has 7 nitrogen and oxygen atoms in total. The first-order chi connectivity index (χ1) is 14.2. The van der Waals surface area contributed by atoms with Gasteiger partial charge in [0.2, 0.25) is 5.91 Å². The van der Waals surface area contributed by atoms with Crippen LogP contribution in [0.25, 0.3) is 16.7 Å². The van der Waals surface area contributed by atoms with Crippen LogP contribution < -0.4 is 5.32 Å². The molecule has 0 saturated carbocycles. The summed E-state index contributed by atoms with van der Waals surface area (Å²) in [6.07, 6.45) is 0.296. The van der Waals surface area contributed by atoms with Crippen molar-refractivity contribution in [2.45, 2.75) is 32.4 Å². The number of nitrogens with one attached hydrogen (secondary N) is 2. The van der Waals surface area contributed by atoms with E-state index in [9.17, 15) is 4.79 Å². The summed E-state index contributed by atoms with van der Waals surface area (Å²) >= 11 is 0. The summed E-state index contributed by atoms with van der Waals surface area (Å²) in [7, 11) is 5.75. The van der Waals surface area contributed by atoms with E-state index >= 15 is 0 Å². The van der Waals surface area contributed by atoms with Gasteiger partial charge in [-0.25, -0.2) is 4.98 Å². The van der Waals surface area contributed by atoms with E-state index in [1.54, 1.807) is 7.05 Å². The van der Waals surface area contributed by atoms with E-state index in [1.807, 2.05) is 32.0 Å². The predicted octanol–water partition coefficient (Wildman–Crippen LogP) is 3.00. The Bertz CT molecular complexity index is 1130. The van der Waals surface area contributed by atoms with Crippen molar-refractivity contribution >= 4 is 22.9 Å². The SMILES string of the molecule is Cc1nc2cccc(CN(C)C)c2n1-c1cccc([C@]2(C)CC(=O)N(C)C(=N)N2)c1. The summed E-state index contributed by atoms with van der Waals surface area (Å²) in [5, 5.41) is 11.3. The fourth-order valence-corrected chi connectivity index (χ4v) is 4.19. The van der Waals surface area contributed by atoms with Crippen LogP contribution in [0.5, 0.6) is 0 Å². The highest BCUT2D eigenvalue weighted by atomic mass is 16.2. The standard InChI is InChI=1S/C23H28N6O/c1-15-25-19-11-6-8-16(14-27(3)4)21(19)29(15)18-10-7-9-17(12-18)23(2)13-20(30)28(5)22(24)26-23/h6-12H,13-14H2,1-5H3,(H2,24,26)/t23-/m0/s1. The Morgan fingerprint density at radius 2 is 1.97 bits per heavy atom. The van der Waals surface area contributed by atoms with Crippen molar-refractivity contribution in [2.24, 2.45) is 0 Å². The Kier molecular flexibility index (Phi) is 4.86. The molecule has 0 radical (unpaired) electrons. The fourth-order valence-electron chi connectivity index (χ4n) is 4.19. The van der Waals surface area contributed by atoms with Crippen LogP contribution in [0.4, 0.5) is 0 Å². The molecule has 4 rings (SSSR count). The predicted molar refractivity (Wildman–Crippen MR) is 119 cm³/mol. The Labute approximate surface area is 176 Å². The maximum atomic E-state index is 12.4. The molecule has 2 N–H and O–H groups in total. The highest BCUT2D eigenvalue weighted by molar-refractivity contribution is 5.98. The molecule has 1 aliphatic heterocycles. The molecule has 1 aromatic heterocycles. The lowest BCUT2D eigenvalue weighted by molar-refractivity contribution is -0.129. The van der Waals surface area contributed by atoms with Gasteiger partial charge in [-0.3, -0.25) is 19.7 Å². The normalized spacial score (nSPS) is 19.6. The molecule has 156 valence electrons. The second-order valence-corrected chi connectivity index (χ2v) is 8.50. The minimum atomic E-state index is -0.632. The lowest BCUT2D eigenvalue weighted by atomic mass is 9.86. The number of hydrogen-bond donors (Lipinski definition) is 2. The number of imidazole rings is 1. The first kappa shape index (κ1) is 20.1. The number of benzene rings is 2. The number of carbonyl (C=O) groups is 1. The minimum Gasteiger partial charge on any atom is -0.346 e. The summed E-state index contributed by atoms with van der Waals surface area (Å²) in [5.74, 6) is 0.972. The third-order valence-electron chi connectivity index (χ3n) is 5.76. The summed E-state index contributed by atoms with van der Waals surface area (Å²) < 4.78 is 2.18. The minimum absolute atomic E-state index is 0.0656. The molecule has 3 aromatic rings. The number of fused-ring (bicyclic) bond motifs is 1. The van der Waals surface area contributed by atoms with Gasteiger partial charge in [-0.15, -0.1) is 0 Å². The molecule has 1 atom stereocenters. The molecule has 1 aliphatic rings. The van der Waals surface area contributed by atoms with Crippen LogP contribution in [-0.2, 0) is 16.9 Å². The van der Waals surface area contributed by atoms with Crippen LogP contribution in [-0.4, -0.2) is 52.4 Å². The van der Waals surface area contributed by atoms with Crippen molar-refractivity contribution in [3.8, 4) is 5.69 Å². The molecular formula is C23H28N6O. The monoisotopic (exact) mass is 404 g/mol. The first-order valence-electron chi connectivity index (χ1n) is 10.1. The van der Waals surface area contributed by atoms with Crippen LogP contribution in [0, 0.1) is 12.3 Å². The van der Waals surface area contributed by atoms with Gasteiger partial charge in [-0.05, 0) is 57.3 Å². The third kappa shape index (κ3) is 3.35. The van der Waals surface area contributed by atoms with E-state index in [-0.39, 0.29) is 11.9 Å². The number of amides is 1. The molecule has 0 unspecified atom stereocenters. The quantitative estimate of drug-likeness (QED) is 0.701. The van der Waals surface area contributed by atoms with Crippen molar-refractivity contribution in [1.29, 1.82) is 5.41 Å². The molecule has 1 fully saturated rings. The molecule has 0 bridgehead atoms. The molecule has 1 saturated heterocycles. The molecule has 2 aromatic carbocycles. The van der Waals surface area contributed by atoms with Gasteiger partial charge < -0.3 is 10.2 Å². The molecule has 0 aliphatic carbocycles. The van der Waals surface area contributed by atoms with Crippen LogP contribution >= 0.6 is 0 Å². The van der Waals surface area contributed by atoms with Crippen LogP contribution in [0.2, 0.25) is 0 Å². The highest BCUT2D eigenvalue weighted by Gasteiger charge is 2.38. The molecule has 7 heteroatoms. The van der Waals surface area contributed by atoms with Gasteiger partial charge in [0.15, 0.2) is 5.96 Å². The average molecular weight is 405 g/mol. The van der Waals surface area contributed by atoms with E-state index in [1.165, 1.54) is 10.5 Å². The smallest absolute Gasteiger partial charge is 0.231 e. The van der Waals surface area contributed by atoms with Gasteiger partial charge in [-0.1, -0.05) is 24.3 Å². The zero-order chi connectivity index (χ0) is 21.6. The Balaban J connectivity index is 1.84. The zero-order valence-corrected chi connectivity index (χ0v) is 18.2. The van der Waals surface area contributed by atoms with E-state index in [0.717, 1.165) is 34.7 Å². The van der Waals surface area contributed by atoms with Crippen LogP contribution in [0.1, 0.15) is 30.3 Å². The second kappa shape index (κ2) is 7.25. The third-order valence-corrected chi connectivity index (χ3v) is 5.76. The van der Waals surface area contributed by atoms with Crippen molar-refractivity contribution in [3.63, 3.8) is 0 Å².